The average molecular weight is 378 g/mol. The molecule has 3 aromatic heterocycles. The Bertz CT molecular complexity index is 920. The lowest BCUT2D eigenvalue weighted by atomic mass is 10.1. The minimum absolute atomic E-state index is 0.00595. The highest BCUT2D eigenvalue weighted by atomic mass is 16.2. The van der Waals surface area contributed by atoms with E-state index in [1.165, 1.54) is 0 Å². The Kier molecular flexibility index (Phi) is 5.14. The summed E-state index contributed by atoms with van der Waals surface area (Å²) in [6, 6.07) is 10.5. The van der Waals surface area contributed by atoms with Crippen LogP contribution in [-0.4, -0.2) is 43.4 Å². The fraction of sp³-hybridized carbons (Fsp3) is 0.381. The summed E-state index contributed by atoms with van der Waals surface area (Å²) in [6.45, 7) is 6.01. The van der Waals surface area contributed by atoms with Gasteiger partial charge in [0.05, 0.1) is 5.69 Å². The van der Waals surface area contributed by atoms with Gasteiger partial charge in [0.1, 0.15) is 0 Å². The van der Waals surface area contributed by atoms with Crippen LogP contribution in [0.5, 0.6) is 0 Å². The van der Waals surface area contributed by atoms with Crippen molar-refractivity contribution in [3.05, 3.63) is 65.9 Å². The second-order valence-corrected chi connectivity index (χ2v) is 7.37. The van der Waals surface area contributed by atoms with Crippen LogP contribution in [-0.2, 0) is 6.54 Å². The fourth-order valence-corrected chi connectivity index (χ4v) is 3.76. The van der Waals surface area contributed by atoms with E-state index in [1.54, 1.807) is 6.20 Å². The Morgan fingerprint density at radius 3 is 2.54 bits per heavy atom. The molecule has 0 radical (unpaired) electrons. The number of nitrogens with one attached hydrogen (secondary N) is 1. The number of hydrogen-bond donors (Lipinski definition) is 1. The van der Waals surface area contributed by atoms with Crippen molar-refractivity contribution < 1.29 is 4.79 Å². The molecule has 7 nitrogen and oxygen atoms in total. The van der Waals surface area contributed by atoms with Crippen LogP contribution in [0, 0.1) is 13.8 Å². The minimum Gasteiger partial charge on any atom is -0.351 e. The van der Waals surface area contributed by atoms with Crippen molar-refractivity contribution in [1.82, 2.24) is 29.5 Å². The maximum Gasteiger partial charge on any atom is 0.317 e. The zero-order chi connectivity index (χ0) is 19.5. The molecule has 4 rings (SSSR count). The van der Waals surface area contributed by atoms with E-state index in [1.807, 2.05) is 53.8 Å². The predicted molar refractivity (Wildman–Crippen MR) is 107 cm³/mol. The van der Waals surface area contributed by atoms with Crippen molar-refractivity contribution in [1.29, 1.82) is 0 Å². The molecule has 1 fully saturated rings. The fourth-order valence-electron chi connectivity index (χ4n) is 3.76. The van der Waals surface area contributed by atoms with Gasteiger partial charge >= 0.3 is 6.03 Å². The van der Waals surface area contributed by atoms with Crippen molar-refractivity contribution in [3.8, 4) is 5.82 Å². The number of hydrogen-bond acceptors (Lipinski definition) is 3. The summed E-state index contributed by atoms with van der Waals surface area (Å²) in [7, 11) is 0. The van der Waals surface area contributed by atoms with Crippen molar-refractivity contribution in [2.45, 2.75) is 39.3 Å². The van der Waals surface area contributed by atoms with E-state index < -0.39 is 0 Å². The molecule has 3 aromatic rings. The highest BCUT2D eigenvalue weighted by Crippen LogP contribution is 2.22. The molecule has 1 aliphatic rings. The molecule has 1 N–H and O–H groups in total. The molecule has 0 aromatic carbocycles. The number of pyridine rings is 1. The molecule has 7 heteroatoms. The molecule has 0 aliphatic carbocycles. The van der Waals surface area contributed by atoms with Gasteiger partial charge in [-0.05, 0) is 56.5 Å². The molecule has 1 saturated heterocycles. The summed E-state index contributed by atoms with van der Waals surface area (Å²) in [5.74, 6) is 0.785. The zero-order valence-corrected chi connectivity index (χ0v) is 16.4. The predicted octanol–water partition coefficient (Wildman–Crippen LogP) is 3.23. The van der Waals surface area contributed by atoms with Gasteiger partial charge in [-0.2, -0.15) is 5.10 Å². The Morgan fingerprint density at radius 1 is 1.18 bits per heavy atom. The van der Waals surface area contributed by atoms with Crippen LogP contribution in [0.4, 0.5) is 4.79 Å². The molecule has 0 atom stereocenters. The number of urea groups is 1. The minimum atomic E-state index is -0.00595. The Labute approximate surface area is 165 Å². The van der Waals surface area contributed by atoms with Gasteiger partial charge in [0.2, 0.25) is 0 Å². The van der Waals surface area contributed by atoms with Crippen LogP contribution >= 0.6 is 0 Å². The molecule has 4 heterocycles. The number of rotatable bonds is 4. The van der Waals surface area contributed by atoms with E-state index >= 15 is 0 Å². The Morgan fingerprint density at radius 2 is 1.93 bits per heavy atom. The number of likely N-dealkylation sites (tertiary alicyclic amines) is 1. The summed E-state index contributed by atoms with van der Waals surface area (Å²) in [6.07, 6.45) is 7.97. The van der Waals surface area contributed by atoms with Crippen LogP contribution in [0.15, 0.2) is 48.9 Å². The lowest BCUT2D eigenvalue weighted by molar-refractivity contribution is 0.171. The lowest BCUT2D eigenvalue weighted by Gasteiger charge is -2.32. The van der Waals surface area contributed by atoms with Crippen LogP contribution in [0.3, 0.4) is 0 Å². The number of carbonyl (C=O) groups is 1. The first-order chi connectivity index (χ1) is 13.6. The van der Waals surface area contributed by atoms with Gasteiger partial charge in [-0.25, -0.2) is 14.5 Å². The molecule has 1 aliphatic heterocycles. The largest absolute Gasteiger partial charge is 0.351 e. The van der Waals surface area contributed by atoms with Crippen LogP contribution < -0.4 is 5.32 Å². The first-order valence-electron chi connectivity index (χ1n) is 9.74. The third-order valence-electron chi connectivity index (χ3n) is 5.28. The van der Waals surface area contributed by atoms with Crippen LogP contribution in [0.2, 0.25) is 0 Å². The summed E-state index contributed by atoms with van der Waals surface area (Å²) in [5.41, 5.74) is 2.99. The van der Waals surface area contributed by atoms with Crippen LogP contribution in [0.1, 0.15) is 35.8 Å². The Hall–Kier alpha value is -3.09. The van der Waals surface area contributed by atoms with Crippen molar-refractivity contribution in [2.24, 2.45) is 0 Å². The number of aryl methyl sites for hydroxylation is 2. The Balaban J connectivity index is 1.28. The topological polar surface area (TPSA) is 68.0 Å². The first-order valence-corrected chi connectivity index (χ1v) is 9.74. The molecular weight excluding hydrogens is 352 g/mol. The number of amides is 2. The van der Waals surface area contributed by atoms with Crippen LogP contribution in [0.25, 0.3) is 5.82 Å². The van der Waals surface area contributed by atoms with Crippen molar-refractivity contribution in [2.75, 3.05) is 13.1 Å². The summed E-state index contributed by atoms with van der Waals surface area (Å²) >= 11 is 0. The van der Waals surface area contributed by atoms with Gasteiger partial charge < -0.3 is 14.8 Å². The highest BCUT2D eigenvalue weighted by Gasteiger charge is 2.23. The third-order valence-corrected chi connectivity index (χ3v) is 5.28. The number of piperidine rings is 1. The summed E-state index contributed by atoms with van der Waals surface area (Å²) in [4.78, 5) is 18.9. The van der Waals surface area contributed by atoms with Gasteiger partial charge in [0.25, 0.3) is 0 Å². The quantitative estimate of drug-likeness (QED) is 0.758. The van der Waals surface area contributed by atoms with E-state index in [-0.39, 0.29) is 6.03 Å². The number of carbonyl (C=O) groups excluding carboxylic acids is 1. The maximum absolute atomic E-state index is 12.5. The number of aromatic nitrogens is 4. The van der Waals surface area contributed by atoms with E-state index in [2.05, 4.69) is 32.4 Å². The molecule has 0 bridgehead atoms. The number of nitrogens with zero attached hydrogens (tertiary/aromatic N) is 5. The zero-order valence-electron chi connectivity index (χ0n) is 16.4. The summed E-state index contributed by atoms with van der Waals surface area (Å²) < 4.78 is 4.07. The molecular formula is C21H26N6O. The molecule has 0 spiro atoms. The average Bonchev–Trinajstić information content (AvgIpc) is 3.36. The smallest absolute Gasteiger partial charge is 0.317 e. The van der Waals surface area contributed by atoms with Gasteiger partial charge in [-0.15, -0.1) is 0 Å². The van der Waals surface area contributed by atoms with Gasteiger partial charge in [-0.3, -0.25) is 0 Å². The van der Waals surface area contributed by atoms with E-state index in [9.17, 15) is 4.79 Å². The second kappa shape index (κ2) is 7.88. The molecule has 0 saturated carbocycles. The van der Waals surface area contributed by atoms with E-state index in [0.29, 0.717) is 12.6 Å². The van der Waals surface area contributed by atoms with E-state index in [0.717, 1.165) is 48.7 Å². The molecule has 28 heavy (non-hydrogen) atoms. The third kappa shape index (κ3) is 3.93. The summed E-state index contributed by atoms with van der Waals surface area (Å²) in [5, 5.41) is 7.46. The van der Waals surface area contributed by atoms with Gasteiger partial charge in [0, 0.05) is 50.0 Å². The molecule has 146 valence electrons. The van der Waals surface area contributed by atoms with E-state index in [4.69, 9.17) is 0 Å². The van der Waals surface area contributed by atoms with Gasteiger partial charge in [-0.1, -0.05) is 6.07 Å². The molecule has 2 amide bonds. The lowest BCUT2D eigenvalue weighted by Crippen LogP contribution is -2.44. The first kappa shape index (κ1) is 18.3. The standard InChI is InChI=1S/C21H26N6O/c1-16-13-17(2)27(24-16)20-6-5-18(14-22-20)15-23-21(28)26-11-7-19(8-12-26)25-9-3-4-10-25/h3-6,9-10,13-14,19H,7-8,11-12,15H2,1-2H3,(H,23,28). The maximum atomic E-state index is 12.5. The highest BCUT2D eigenvalue weighted by molar-refractivity contribution is 5.74. The van der Waals surface area contributed by atoms with Crippen molar-refractivity contribution in [3.63, 3.8) is 0 Å². The second-order valence-electron chi connectivity index (χ2n) is 7.37. The monoisotopic (exact) mass is 378 g/mol. The SMILES string of the molecule is Cc1cc(C)n(-c2ccc(CNC(=O)N3CCC(n4cccc4)CC3)cn2)n1. The van der Waals surface area contributed by atoms with Gasteiger partial charge in [0.15, 0.2) is 5.82 Å². The molecule has 0 unspecified atom stereocenters. The van der Waals surface area contributed by atoms with Crippen molar-refractivity contribution >= 4 is 6.03 Å². The normalized spacial score (nSPS) is 15.0.